The molecule has 3 aromatic carbocycles. The second-order valence-electron chi connectivity index (χ2n) is 10.3. The van der Waals surface area contributed by atoms with Crippen LogP contribution in [0.1, 0.15) is 29.0 Å². The number of para-hydroxylation sites is 4. The van der Waals surface area contributed by atoms with Gasteiger partial charge < -0.3 is 32.9 Å². The molecule has 0 unspecified atom stereocenters. The van der Waals surface area contributed by atoms with Crippen LogP contribution in [0.3, 0.4) is 0 Å². The van der Waals surface area contributed by atoms with Crippen molar-refractivity contribution in [2.24, 2.45) is 0 Å². The summed E-state index contributed by atoms with van der Waals surface area (Å²) in [7, 11) is 0. The van der Waals surface area contributed by atoms with Gasteiger partial charge in [-0.2, -0.15) is 0 Å². The molecular formula is C33H32F5NO7. The summed E-state index contributed by atoms with van der Waals surface area (Å²) in [6.07, 6.45) is -0.512. The zero-order valence-electron chi connectivity index (χ0n) is 25.0. The summed E-state index contributed by atoms with van der Waals surface area (Å²) in [6, 6.07) is 14.4. The zero-order valence-corrected chi connectivity index (χ0v) is 25.0. The van der Waals surface area contributed by atoms with Gasteiger partial charge in [-0.25, -0.2) is 22.0 Å². The molecule has 2 heterocycles. The number of rotatable bonds is 7. The normalized spacial score (nSPS) is 14.7. The van der Waals surface area contributed by atoms with Crippen LogP contribution in [0.5, 0.6) is 23.0 Å². The molecule has 0 radical (unpaired) electrons. The van der Waals surface area contributed by atoms with Crippen LogP contribution in [-0.4, -0.2) is 57.5 Å². The van der Waals surface area contributed by atoms with E-state index in [0.717, 1.165) is 0 Å². The van der Waals surface area contributed by atoms with Gasteiger partial charge in [0.05, 0.1) is 18.9 Å². The molecule has 1 aromatic heterocycles. The van der Waals surface area contributed by atoms with Gasteiger partial charge in [0.1, 0.15) is 38.3 Å². The molecule has 46 heavy (non-hydrogen) atoms. The Morgan fingerprint density at radius 2 is 1.17 bits per heavy atom. The topological polar surface area (TPSA) is 81.4 Å². The Bertz CT molecular complexity index is 1530. The Hall–Kier alpha value is -4.36. The van der Waals surface area contributed by atoms with Gasteiger partial charge in [-0.05, 0) is 44.0 Å². The van der Waals surface area contributed by atoms with Crippen molar-refractivity contribution in [3.63, 3.8) is 0 Å². The Balaban J connectivity index is 1.26. The first kappa shape index (κ1) is 33.0. The average molecular weight is 650 g/mol. The van der Waals surface area contributed by atoms with Gasteiger partial charge in [0.2, 0.25) is 5.82 Å². The van der Waals surface area contributed by atoms with Crippen molar-refractivity contribution in [2.75, 3.05) is 46.2 Å². The Morgan fingerprint density at radius 1 is 0.674 bits per heavy atom. The van der Waals surface area contributed by atoms with E-state index in [9.17, 15) is 22.0 Å². The van der Waals surface area contributed by atoms with Gasteiger partial charge in [-0.15, -0.1) is 0 Å². The summed E-state index contributed by atoms with van der Waals surface area (Å²) in [4.78, 5) is 0. The number of aryl methyl sites for hydroxylation is 1. The minimum absolute atomic E-state index is 0.00398. The fourth-order valence-electron chi connectivity index (χ4n) is 4.77. The summed E-state index contributed by atoms with van der Waals surface area (Å²) in [5.41, 5.74) is -0.0838. The van der Waals surface area contributed by atoms with E-state index in [0.29, 0.717) is 73.5 Å². The van der Waals surface area contributed by atoms with Crippen LogP contribution in [0.2, 0.25) is 0 Å². The van der Waals surface area contributed by atoms with Crippen molar-refractivity contribution >= 4 is 0 Å². The molecule has 0 atom stereocenters. The van der Waals surface area contributed by atoms with E-state index in [1.165, 1.54) is 0 Å². The van der Waals surface area contributed by atoms with E-state index in [-0.39, 0.29) is 25.6 Å². The number of nitrogens with zero attached hydrogens (tertiary/aromatic N) is 1. The lowest BCUT2D eigenvalue weighted by molar-refractivity contribution is -0.00988. The molecule has 1 aliphatic heterocycles. The second-order valence-corrected chi connectivity index (χ2v) is 10.3. The van der Waals surface area contributed by atoms with E-state index >= 15 is 0 Å². The van der Waals surface area contributed by atoms with Gasteiger partial charge in [-0.1, -0.05) is 29.4 Å². The number of aromatic nitrogens is 1. The Morgan fingerprint density at radius 3 is 1.72 bits per heavy atom. The first-order valence-corrected chi connectivity index (χ1v) is 14.7. The number of hydrogen-bond donors (Lipinski definition) is 0. The molecule has 1 aliphatic rings. The fraction of sp³-hybridized carbons (Fsp3) is 0.364. The first-order valence-electron chi connectivity index (χ1n) is 14.7. The van der Waals surface area contributed by atoms with Gasteiger partial charge in [0, 0.05) is 24.2 Å². The van der Waals surface area contributed by atoms with Gasteiger partial charge in [0.25, 0.3) is 0 Å². The number of halogens is 5. The molecule has 13 heteroatoms. The van der Waals surface area contributed by atoms with E-state index in [1.54, 1.807) is 31.2 Å². The predicted molar refractivity (Wildman–Crippen MR) is 154 cm³/mol. The SMILES string of the molecule is Cc1noc(Cc2c(F)c(F)c(F)c(F)c2F)c1CCCOC1COc2ccccc2OCCOCCOc2ccccc2OC1. The molecule has 0 amide bonds. The monoisotopic (exact) mass is 649 g/mol. The summed E-state index contributed by atoms with van der Waals surface area (Å²) >= 11 is 0. The van der Waals surface area contributed by atoms with Crippen LogP contribution in [0.25, 0.3) is 0 Å². The van der Waals surface area contributed by atoms with Gasteiger partial charge >= 0.3 is 0 Å². The van der Waals surface area contributed by atoms with E-state index < -0.39 is 47.2 Å². The standard InChI is InChI=1S/C33H32F5NO7/c1-20-22(28(46-39-20)17-23-29(34)31(36)33(38)32(37)30(23)35)7-6-12-41-21-18-44-26-10-4-2-8-24(26)42-15-13-40-14-16-43-25-9-3-5-11-27(25)45-19-21/h2-5,8-11,21H,6-7,12-19H2,1H3. The van der Waals surface area contributed by atoms with Crippen molar-refractivity contribution in [1.82, 2.24) is 5.16 Å². The molecule has 246 valence electrons. The number of ether oxygens (including phenoxy) is 6. The molecular weight excluding hydrogens is 617 g/mol. The van der Waals surface area contributed by atoms with Crippen molar-refractivity contribution in [3.8, 4) is 23.0 Å². The largest absolute Gasteiger partial charge is 0.487 e. The van der Waals surface area contributed by atoms with Crippen LogP contribution < -0.4 is 18.9 Å². The molecule has 0 bridgehead atoms. The average Bonchev–Trinajstić information content (AvgIpc) is 3.42. The highest BCUT2D eigenvalue weighted by molar-refractivity contribution is 5.40. The maximum atomic E-state index is 14.3. The molecule has 0 saturated carbocycles. The van der Waals surface area contributed by atoms with Crippen LogP contribution in [0.4, 0.5) is 22.0 Å². The zero-order chi connectivity index (χ0) is 32.5. The fourth-order valence-corrected chi connectivity index (χ4v) is 4.77. The van der Waals surface area contributed by atoms with Crippen molar-refractivity contribution in [1.29, 1.82) is 0 Å². The summed E-state index contributed by atoms with van der Waals surface area (Å²) in [5.74, 6) is -7.95. The van der Waals surface area contributed by atoms with Gasteiger partial charge in [0.15, 0.2) is 46.3 Å². The molecule has 5 rings (SSSR count). The summed E-state index contributed by atoms with van der Waals surface area (Å²) in [6.45, 7) is 3.39. The van der Waals surface area contributed by atoms with Crippen LogP contribution in [-0.2, 0) is 22.3 Å². The number of benzene rings is 3. The molecule has 4 aromatic rings. The van der Waals surface area contributed by atoms with Crippen molar-refractivity contribution < 1.29 is 54.9 Å². The molecule has 0 N–H and O–H groups in total. The van der Waals surface area contributed by atoms with Crippen LogP contribution >= 0.6 is 0 Å². The van der Waals surface area contributed by atoms with Crippen LogP contribution in [0.15, 0.2) is 53.1 Å². The third-order valence-electron chi connectivity index (χ3n) is 7.15. The quantitative estimate of drug-likeness (QED) is 0.0968. The minimum atomic E-state index is -2.22. The van der Waals surface area contributed by atoms with E-state index in [2.05, 4.69) is 5.16 Å². The molecule has 8 nitrogen and oxygen atoms in total. The minimum Gasteiger partial charge on any atom is -0.487 e. The predicted octanol–water partition coefficient (Wildman–Crippen LogP) is 6.53. The summed E-state index contributed by atoms with van der Waals surface area (Å²) < 4.78 is 110. The Kier molecular flexibility index (Phi) is 11.3. The number of fused-ring (bicyclic) bond motifs is 2. The third-order valence-corrected chi connectivity index (χ3v) is 7.15. The van der Waals surface area contributed by atoms with Gasteiger partial charge in [-0.3, -0.25) is 0 Å². The summed E-state index contributed by atoms with van der Waals surface area (Å²) in [5, 5.41) is 3.84. The second kappa shape index (κ2) is 15.8. The lowest BCUT2D eigenvalue weighted by atomic mass is 10.0. The molecule has 0 aliphatic carbocycles. The van der Waals surface area contributed by atoms with Crippen LogP contribution in [0, 0.1) is 36.0 Å². The maximum Gasteiger partial charge on any atom is 0.200 e. The first-order chi connectivity index (χ1) is 22.3. The highest BCUT2D eigenvalue weighted by atomic mass is 19.2. The number of hydrogen-bond acceptors (Lipinski definition) is 8. The lowest BCUT2D eigenvalue weighted by Gasteiger charge is -2.21. The van der Waals surface area contributed by atoms with E-state index in [4.69, 9.17) is 32.9 Å². The van der Waals surface area contributed by atoms with Crippen molar-refractivity contribution in [3.05, 3.63) is 100 Å². The third kappa shape index (κ3) is 8.07. The Labute approximate surface area is 261 Å². The molecule has 0 spiro atoms. The highest BCUT2D eigenvalue weighted by Gasteiger charge is 2.27. The maximum absolute atomic E-state index is 14.3. The lowest BCUT2D eigenvalue weighted by Crippen LogP contribution is -2.29. The smallest absolute Gasteiger partial charge is 0.200 e. The van der Waals surface area contributed by atoms with E-state index in [1.807, 2.05) is 24.3 Å². The van der Waals surface area contributed by atoms with Crippen molar-refractivity contribution in [2.45, 2.75) is 32.3 Å². The molecule has 0 saturated heterocycles. The molecule has 0 fully saturated rings. The highest BCUT2D eigenvalue weighted by Crippen LogP contribution is 2.30.